The Morgan fingerprint density at radius 1 is 1.38 bits per heavy atom. The molecule has 0 unspecified atom stereocenters. The summed E-state index contributed by atoms with van der Waals surface area (Å²) in [7, 11) is 0. The summed E-state index contributed by atoms with van der Waals surface area (Å²) in [5, 5.41) is 8.29. The normalized spacial score (nSPS) is 8.85. The van der Waals surface area contributed by atoms with Crippen LogP contribution in [0.3, 0.4) is 0 Å². The topological polar surface area (TPSA) is 40.9 Å². The van der Waals surface area contributed by atoms with Crippen molar-refractivity contribution in [2.24, 2.45) is 0 Å². The van der Waals surface area contributed by atoms with Crippen LogP contribution in [-0.4, -0.2) is 5.78 Å². The van der Waals surface area contributed by atoms with Crippen molar-refractivity contribution in [3.8, 4) is 6.07 Å². The number of hydrogen-bond acceptors (Lipinski definition) is 2. The fraction of sp³-hybridized carbons (Fsp3) is 0.0909. The van der Waals surface area contributed by atoms with Crippen LogP contribution in [0.1, 0.15) is 12.0 Å². The van der Waals surface area contributed by atoms with Crippen LogP contribution in [0.2, 0.25) is 0 Å². The summed E-state index contributed by atoms with van der Waals surface area (Å²) in [6, 6.07) is 10.9. The van der Waals surface area contributed by atoms with Crippen LogP contribution < -0.4 is 0 Å². The van der Waals surface area contributed by atoms with Gasteiger partial charge >= 0.3 is 0 Å². The fourth-order valence-electron chi connectivity index (χ4n) is 1.01. The van der Waals surface area contributed by atoms with Crippen LogP contribution in [-0.2, 0) is 4.79 Å². The van der Waals surface area contributed by atoms with Crippen LogP contribution in [0, 0.1) is 11.3 Å². The number of carbonyl (C=O) groups excluding carboxylic acids is 1. The van der Waals surface area contributed by atoms with Crippen molar-refractivity contribution in [2.45, 2.75) is 6.42 Å². The second kappa shape index (κ2) is 4.22. The number of rotatable bonds is 3. The Labute approximate surface area is 77.1 Å². The first-order valence-corrected chi connectivity index (χ1v) is 3.90. The highest BCUT2D eigenvalue weighted by atomic mass is 16.1. The number of nitriles is 1. The molecule has 1 aromatic carbocycles. The minimum Gasteiger partial charge on any atom is -0.282 e. The van der Waals surface area contributed by atoms with Gasteiger partial charge in [-0.25, -0.2) is 0 Å². The van der Waals surface area contributed by atoms with E-state index in [1.165, 1.54) is 0 Å². The highest BCUT2D eigenvalue weighted by molar-refractivity contribution is 6.00. The van der Waals surface area contributed by atoms with E-state index in [2.05, 4.69) is 6.58 Å². The summed E-state index contributed by atoms with van der Waals surface area (Å²) in [6.07, 6.45) is 0.112. The zero-order valence-electron chi connectivity index (χ0n) is 7.16. The SMILES string of the molecule is C=C(CC(=O)C#N)c1ccccc1. The van der Waals surface area contributed by atoms with Gasteiger partial charge in [0.1, 0.15) is 6.07 Å². The van der Waals surface area contributed by atoms with E-state index in [-0.39, 0.29) is 6.42 Å². The van der Waals surface area contributed by atoms with Gasteiger partial charge in [0.05, 0.1) is 0 Å². The number of carbonyl (C=O) groups is 1. The number of allylic oxidation sites excluding steroid dienone is 1. The summed E-state index contributed by atoms with van der Waals surface area (Å²) < 4.78 is 0. The van der Waals surface area contributed by atoms with Crippen LogP contribution in [0.5, 0.6) is 0 Å². The van der Waals surface area contributed by atoms with Gasteiger partial charge in [-0.15, -0.1) is 0 Å². The summed E-state index contributed by atoms with van der Waals surface area (Å²) in [5.74, 6) is -0.450. The number of ketones is 1. The molecule has 0 spiro atoms. The molecule has 0 saturated carbocycles. The van der Waals surface area contributed by atoms with Gasteiger partial charge < -0.3 is 0 Å². The molecule has 0 bridgehead atoms. The first kappa shape index (κ1) is 9.21. The largest absolute Gasteiger partial charge is 0.282 e. The van der Waals surface area contributed by atoms with Crippen molar-refractivity contribution >= 4 is 11.4 Å². The second-order valence-corrected chi connectivity index (χ2v) is 2.68. The minimum atomic E-state index is -0.450. The van der Waals surface area contributed by atoms with Crippen molar-refractivity contribution in [3.63, 3.8) is 0 Å². The van der Waals surface area contributed by atoms with E-state index >= 15 is 0 Å². The van der Waals surface area contributed by atoms with Crippen LogP contribution in [0.4, 0.5) is 0 Å². The lowest BCUT2D eigenvalue weighted by Crippen LogP contribution is -1.94. The molecular weight excluding hydrogens is 162 g/mol. The Bertz CT molecular complexity index is 359. The maximum Gasteiger partial charge on any atom is 0.236 e. The zero-order chi connectivity index (χ0) is 9.68. The summed E-state index contributed by atoms with van der Waals surface area (Å²) in [4.78, 5) is 10.8. The second-order valence-electron chi connectivity index (χ2n) is 2.68. The highest BCUT2D eigenvalue weighted by Gasteiger charge is 2.03. The van der Waals surface area contributed by atoms with E-state index in [0.717, 1.165) is 5.56 Å². The van der Waals surface area contributed by atoms with Crippen LogP contribution >= 0.6 is 0 Å². The Hall–Kier alpha value is -1.88. The van der Waals surface area contributed by atoms with Gasteiger partial charge in [0.15, 0.2) is 0 Å². The molecule has 0 N–H and O–H groups in total. The molecule has 13 heavy (non-hydrogen) atoms. The van der Waals surface area contributed by atoms with Gasteiger partial charge in [-0.3, -0.25) is 4.79 Å². The van der Waals surface area contributed by atoms with Crippen molar-refractivity contribution in [1.82, 2.24) is 0 Å². The molecule has 0 aromatic heterocycles. The van der Waals surface area contributed by atoms with E-state index < -0.39 is 5.78 Å². The summed E-state index contributed by atoms with van der Waals surface area (Å²) in [6.45, 7) is 3.74. The molecule has 0 aliphatic carbocycles. The number of hydrogen-bond donors (Lipinski definition) is 0. The van der Waals surface area contributed by atoms with Crippen LogP contribution in [0.15, 0.2) is 36.9 Å². The van der Waals surface area contributed by atoms with Gasteiger partial charge in [-0.2, -0.15) is 5.26 Å². The third kappa shape index (κ3) is 2.57. The minimum absolute atomic E-state index is 0.112. The van der Waals surface area contributed by atoms with E-state index in [1.54, 1.807) is 6.07 Å². The Balaban J connectivity index is 2.71. The van der Waals surface area contributed by atoms with Crippen molar-refractivity contribution in [2.75, 3.05) is 0 Å². The molecule has 0 fully saturated rings. The maximum absolute atomic E-state index is 10.8. The molecular formula is C11H9NO. The monoisotopic (exact) mass is 171 g/mol. The molecule has 0 radical (unpaired) electrons. The Morgan fingerprint density at radius 3 is 2.54 bits per heavy atom. The molecule has 0 saturated heterocycles. The predicted molar refractivity (Wildman–Crippen MR) is 50.7 cm³/mol. The molecule has 2 nitrogen and oxygen atoms in total. The van der Waals surface area contributed by atoms with E-state index in [4.69, 9.17) is 5.26 Å². The molecule has 0 amide bonds. The van der Waals surface area contributed by atoms with E-state index in [1.807, 2.05) is 30.3 Å². The molecule has 1 aromatic rings. The number of nitrogens with zero attached hydrogens (tertiary/aromatic N) is 1. The molecule has 2 heteroatoms. The molecule has 0 atom stereocenters. The smallest absolute Gasteiger partial charge is 0.236 e. The van der Waals surface area contributed by atoms with Gasteiger partial charge in [0, 0.05) is 6.42 Å². The van der Waals surface area contributed by atoms with Gasteiger partial charge in [0.25, 0.3) is 0 Å². The average Bonchev–Trinajstić information content (AvgIpc) is 2.19. The fourth-order valence-corrected chi connectivity index (χ4v) is 1.01. The van der Waals surface area contributed by atoms with E-state index in [9.17, 15) is 4.79 Å². The lowest BCUT2D eigenvalue weighted by Gasteiger charge is -2.00. The lowest BCUT2D eigenvalue weighted by atomic mass is 10.0. The maximum atomic E-state index is 10.8. The van der Waals surface area contributed by atoms with Crippen LogP contribution in [0.25, 0.3) is 5.57 Å². The third-order valence-electron chi connectivity index (χ3n) is 1.68. The van der Waals surface area contributed by atoms with Gasteiger partial charge in [-0.1, -0.05) is 36.9 Å². The number of Topliss-reactive ketones (excluding diaryl/α,β-unsaturated/α-hetero) is 1. The first-order chi connectivity index (χ1) is 6.24. The summed E-state index contributed by atoms with van der Waals surface area (Å²) in [5.41, 5.74) is 1.60. The Morgan fingerprint density at radius 2 is 2.00 bits per heavy atom. The molecule has 1 rings (SSSR count). The van der Waals surface area contributed by atoms with E-state index in [0.29, 0.717) is 5.57 Å². The number of benzene rings is 1. The molecule has 0 aliphatic heterocycles. The van der Waals surface area contributed by atoms with Gasteiger partial charge in [0.2, 0.25) is 5.78 Å². The third-order valence-corrected chi connectivity index (χ3v) is 1.68. The Kier molecular flexibility index (Phi) is 2.99. The zero-order valence-corrected chi connectivity index (χ0v) is 7.16. The lowest BCUT2D eigenvalue weighted by molar-refractivity contribution is -0.113. The van der Waals surface area contributed by atoms with Gasteiger partial charge in [-0.05, 0) is 11.1 Å². The quantitative estimate of drug-likeness (QED) is 0.654. The standard InChI is InChI=1S/C11H9NO/c1-9(7-11(13)8-12)10-5-3-2-4-6-10/h2-6H,1,7H2. The molecule has 64 valence electrons. The van der Waals surface area contributed by atoms with Crippen molar-refractivity contribution < 1.29 is 4.79 Å². The van der Waals surface area contributed by atoms with Crippen molar-refractivity contribution in [1.29, 1.82) is 5.26 Å². The highest BCUT2D eigenvalue weighted by Crippen LogP contribution is 2.15. The predicted octanol–water partition coefficient (Wildman–Crippen LogP) is 2.18. The average molecular weight is 171 g/mol. The first-order valence-electron chi connectivity index (χ1n) is 3.90. The molecule has 0 aliphatic rings. The van der Waals surface area contributed by atoms with Crippen molar-refractivity contribution in [3.05, 3.63) is 42.5 Å². The molecule has 0 heterocycles. The summed E-state index contributed by atoms with van der Waals surface area (Å²) >= 11 is 0.